The molecule has 0 saturated heterocycles. The monoisotopic (exact) mass is 1910 g/mol. The van der Waals surface area contributed by atoms with Crippen LogP contribution in [0.5, 0.6) is 0 Å². The van der Waals surface area contributed by atoms with Gasteiger partial charge in [0.05, 0.1) is 22.8 Å². The molecule has 0 fully saturated rings. The molecular formula is C143H95N7. The maximum atomic E-state index is 5.09. The summed E-state index contributed by atoms with van der Waals surface area (Å²) < 4.78 is 0. The molecule has 7 nitrogen and oxygen atoms in total. The van der Waals surface area contributed by atoms with Crippen LogP contribution in [0.1, 0.15) is 12.0 Å². The molecule has 23 aromatic carbocycles. The van der Waals surface area contributed by atoms with Crippen molar-refractivity contribution in [2.45, 2.75) is 6.42 Å². The van der Waals surface area contributed by atoms with Crippen LogP contribution in [0.15, 0.2) is 564 Å². The summed E-state index contributed by atoms with van der Waals surface area (Å²) in [4.78, 5) is 35.1. The number of hydrogen-bond acceptors (Lipinski definition) is 7. The van der Waals surface area contributed by atoms with E-state index >= 15 is 0 Å². The summed E-state index contributed by atoms with van der Waals surface area (Å²) >= 11 is 0. The first kappa shape index (κ1) is 90.3. The molecule has 0 spiro atoms. The fraction of sp³-hybridized carbons (Fsp3) is 0.0140. The van der Waals surface area contributed by atoms with Crippen molar-refractivity contribution < 1.29 is 0 Å². The minimum atomic E-state index is 0.376. The van der Waals surface area contributed by atoms with Gasteiger partial charge in [-0.2, -0.15) is 0 Å². The van der Waals surface area contributed by atoms with Crippen LogP contribution >= 0.6 is 0 Å². The molecule has 3 aromatic heterocycles. The van der Waals surface area contributed by atoms with Crippen molar-refractivity contribution in [2.24, 2.45) is 5.92 Å². The average molecular weight is 1910 g/mol. The minimum absolute atomic E-state index is 0.376. The smallest absolute Gasteiger partial charge is 0.164 e. The van der Waals surface area contributed by atoms with Gasteiger partial charge in [0.25, 0.3) is 0 Å². The van der Waals surface area contributed by atoms with Crippen LogP contribution in [0.3, 0.4) is 0 Å². The number of allylic oxidation sites excluding steroid dienone is 8. The van der Waals surface area contributed by atoms with E-state index in [1.165, 1.54) is 159 Å². The van der Waals surface area contributed by atoms with E-state index in [1.54, 1.807) is 0 Å². The lowest BCUT2D eigenvalue weighted by Crippen LogP contribution is -2.07. The number of benzene rings is 23. The third kappa shape index (κ3) is 17.7. The molecule has 0 N–H and O–H groups in total. The highest BCUT2D eigenvalue weighted by Gasteiger charge is 2.27. The second-order valence-corrected chi connectivity index (χ2v) is 38.3. The van der Waals surface area contributed by atoms with Gasteiger partial charge in [-0.3, -0.25) is 0 Å². The summed E-state index contributed by atoms with van der Waals surface area (Å²) in [6.45, 7) is 0. The summed E-state index contributed by atoms with van der Waals surface area (Å²) in [5, 5.41) is 19.8. The zero-order valence-electron chi connectivity index (χ0n) is 82.0. The van der Waals surface area contributed by atoms with Crippen LogP contribution in [-0.2, 0) is 0 Å². The lowest BCUT2D eigenvalue weighted by atomic mass is 9.78. The first-order valence-corrected chi connectivity index (χ1v) is 51.2. The van der Waals surface area contributed by atoms with Gasteiger partial charge in [-0.05, 0) is 219 Å². The van der Waals surface area contributed by atoms with E-state index in [9.17, 15) is 0 Å². The second-order valence-electron chi connectivity index (χ2n) is 38.3. The van der Waals surface area contributed by atoms with Crippen molar-refractivity contribution in [1.29, 1.82) is 0 Å². The Kier molecular flexibility index (Phi) is 24.1. The molecule has 702 valence electrons. The zero-order valence-corrected chi connectivity index (χ0v) is 82.0. The van der Waals surface area contributed by atoms with E-state index in [0.29, 0.717) is 23.4 Å². The molecule has 2 aliphatic carbocycles. The Morgan fingerprint density at radius 3 is 0.827 bits per heavy atom. The summed E-state index contributed by atoms with van der Waals surface area (Å²) in [5.41, 5.74) is 31.5. The van der Waals surface area contributed by atoms with Crippen molar-refractivity contribution in [3.8, 4) is 169 Å². The summed E-state index contributed by atoms with van der Waals surface area (Å²) in [5.74, 6) is 3.77. The van der Waals surface area contributed by atoms with Gasteiger partial charge in [-0.15, -0.1) is 0 Å². The van der Waals surface area contributed by atoms with Crippen LogP contribution in [0.4, 0.5) is 0 Å². The van der Waals surface area contributed by atoms with Crippen molar-refractivity contribution in [3.63, 3.8) is 0 Å². The normalized spacial score (nSPS) is 12.6. The predicted octanol–water partition coefficient (Wildman–Crippen LogP) is 37.5. The standard InChI is InChI=1S/C56H38N2.C46H30N2.C41H27N3/c1-3-15-40(16-4-1)52-36-53(58-56(57-52)42-17-5-2-6-18-42)41-27-23-39(24-28-41)45-31-32-50-51(35-45)55(47-30-26-38-14-8-10-20-44(38)34-47)49-22-12-11-21-48(49)54(50)46-29-25-37-13-7-9-19-43(37)33-46;1-4-14-31(15-5-1)42-30-43(48-46(47-42)33-18-8-3-9-19-33)36-26-24-35-29-37(27-25-34(35)28-36)45-40-22-12-10-20-38(40)44(32-16-6-2-7-17-32)39-21-11-13-23-41(39)45;1-5-15-28(16-6-1)37-33-23-13-14-24-34(33)38(29-17-7-2-8-18-29)36-27-32(25-26-35(36)37)41-43-39(30-19-9-3-10-20-30)42-40(44-41)31-21-11-4-12-22-31/h1-33,35-36,44H,34H2;1-30H;1-27H. The minimum Gasteiger partial charge on any atom is -0.228 e. The lowest BCUT2D eigenvalue weighted by Gasteiger charge is -2.26. The predicted molar refractivity (Wildman–Crippen MR) is 628 cm³/mol. The fourth-order valence-electron chi connectivity index (χ4n) is 22.0. The van der Waals surface area contributed by atoms with Crippen LogP contribution in [-0.4, -0.2) is 34.9 Å². The van der Waals surface area contributed by atoms with Crippen molar-refractivity contribution >= 4 is 91.8 Å². The SMILES string of the molecule is C1=CC2=CC=C(c3c4ccccc4c(-c4ccc5ccccc5c4)c4ccc(-c5ccc(-c6cc(-c7ccccc7)nc(-c7ccccc7)n6)cc5)cc34)CC2C=C1.c1ccc(-c2cc(-c3ccc4cc(-c5c6ccccc6c(-c6ccccc6)c6ccccc56)ccc4c3)nc(-c3ccccc3)n2)cc1.c1ccc(-c2nc(-c3ccccc3)nc(-c3ccc4c(-c5ccccc5)c5ccccc5c(-c5ccccc5)c4c3)n2)cc1. The molecule has 26 aromatic rings. The molecule has 2 aliphatic rings. The van der Waals surface area contributed by atoms with E-state index in [4.69, 9.17) is 34.9 Å². The maximum Gasteiger partial charge on any atom is 0.164 e. The van der Waals surface area contributed by atoms with Gasteiger partial charge < -0.3 is 0 Å². The Morgan fingerprint density at radius 1 is 0.153 bits per heavy atom. The molecule has 0 radical (unpaired) electrons. The Bertz CT molecular complexity index is 9560. The van der Waals surface area contributed by atoms with Crippen LogP contribution in [0.25, 0.3) is 260 Å². The van der Waals surface area contributed by atoms with Crippen molar-refractivity contribution in [2.75, 3.05) is 0 Å². The number of nitrogens with zero attached hydrogens (tertiary/aromatic N) is 7. The van der Waals surface area contributed by atoms with Gasteiger partial charge in [0.15, 0.2) is 29.1 Å². The highest BCUT2D eigenvalue weighted by atomic mass is 15.0. The van der Waals surface area contributed by atoms with Gasteiger partial charge >= 0.3 is 0 Å². The van der Waals surface area contributed by atoms with Crippen molar-refractivity contribution in [3.05, 3.63) is 569 Å². The van der Waals surface area contributed by atoms with Crippen molar-refractivity contribution in [1.82, 2.24) is 34.9 Å². The van der Waals surface area contributed by atoms with E-state index in [2.05, 4.69) is 449 Å². The third-order valence-corrected chi connectivity index (χ3v) is 29.2. The Hall–Kier alpha value is -19.7. The molecular weight excluding hydrogens is 1820 g/mol. The number of fused-ring (bicyclic) bond motifs is 9. The molecule has 3 heterocycles. The number of rotatable bonds is 16. The molecule has 0 amide bonds. The second kappa shape index (κ2) is 40.1. The fourth-order valence-corrected chi connectivity index (χ4v) is 22.0. The largest absolute Gasteiger partial charge is 0.228 e. The molecule has 7 heteroatoms. The van der Waals surface area contributed by atoms with E-state index in [0.717, 1.165) is 102 Å². The van der Waals surface area contributed by atoms with Crippen LogP contribution in [0, 0.1) is 5.92 Å². The van der Waals surface area contributed by atoms with Crippen LogP contribution in [0.2, 0.25) is 0 Å². The highest BCUT2D eigenvalue weighted by Crippen LogP contribution is 2.51. The highest BCUT2D eigenvalue weighted by molar-refractivity contribution is 6.25. The van der Waals surface area contributed by atoms with Gasteiger partial charge in [0, 0.05) is 56.0 Å². The summed E-state index contributed by atoms with van der Waals surface area (Å²) in [6.07, 6.45) is 14.6. The summed E-state index contributed by atoms with van der Waals surface area (Å²) in [6, 6.07) is 185. The van der Waals surface area contributed by atoms with E-state index in [-0.39, 0.29) is 0 Å². The van der Waals surface area contributed by atoms with Gasteiger partial charge in [-0.1, -0.05) is 516 Å². The Balaban J connectivity index is 0.000000115. The third-order valence-electron chi connectivity index (χ3n) is 29.2. The topological polar surface area (TPSA) is 90.2 Å². The lowest BCUT2D eigenvalue weighted by molar-refractivity contribution is 0.794. The first-order chi connectivity index (χ1) is 74.4. The molecule has 0 saturated carbocycles. The quantitative estimate of drug-likeness (QED) is 0.0890. The molecule has 1 unspecified atom stereocenters. The number of aromatic nitrogens is 7. The van der Waals surface area contributed by atoms with Crippen LogP contribution < -0.4 is 0 Å². The average Bonchev–Trinajstić information content (AvgIpc) is 0.737. The maximum absolute atomic E-state index is 5.09. The number of hydrogen-bond donors (Lipinski definition) is 0. The molecule has 1 atom stereocenters. The molecule has 28 rings (SSSR count). The molecule has 0 bridgehead atoms. The Labute approximate surface area is 870 Å². The van der Waals surface area contributed by atoms with Gasteiger partial charge in [0.2, 0.25) is 0 Å². The van der Waals surface area contributed by atoms with Gasteiger partial charge in [0.1, 0.15) is 0 Å². The first-order valence-electron chi connectivity index (χ1n) is 51.2. The Morgan fingerprint density at radius 2 is 0.413 bits per heavy atom. The molecule has 150 heavy (non-hydrogen) atoms. The zero-order chi connectivity index (χ0) is 99.6. The van der Waals surface area contributed by atoms with E-state index < -0.39 is 0 Å². The van der Waals surface area contributed by atoms with Gasteiger partial charge in [-0.25, -0.2) is 34.9 Å². The summed E-state index contributed by atoms with van der Waals surface area (Å²) in [7, 11) is 0. The van der Waals surface area contributed by atoms with E-state index in [1.807, 2.05) is 109 Å². The molecule has 0 aliphatic heterocycles.